The third-order valence-corrected chi connectivity index (χ3v) is 6.46. The minimum Gasteiger partial charge on any atom is -0.489 e. The van der Waals surface area contributed by atoms with Gasteiger partial charge in [0.1, 0.15) is 12.4 Å². The molecule has 6 rings (SSSR count). The molecule has 5 heteroatoms. The van der Waals surface area contributed by atoms with Gasteiger partial charge in [0.05, 0.1) is 18.1 Å². The zero-order valence-corrected chi connectivity index (χ0v) is 16.9. The summed E-state index contributed by atoms with van der Waals surface area (Å²) in [5.41, 5.74) is 3.15. The molecule has 2 bridgehead atoms. The van der Waals surface area contributed by atoms with Crippen LogP contribution in [0, 0.1) is 30.6 Å². The van der Waals surface area contributed by atoms with Gasteiger partial charge in [-0.1, -0.05) is 42.0 Å². The van der Waals surface area contributed by atoms with Crippen LogP contribution in [-0.2, 0) is 16.2 Å². The molecule has 2 aromatic rings. The normalized spacial score (nSPS) is 27.2. The second-order valence-electron chi connectivity index (χ2n) is 8.42. The summed E-state index contributed by atoms with van der Waals surface area (Å²) in [4.78, 5) is 25.6. The minimum absolute atomic E-state index is 0.154. The number of ether oxygens (including phenoxy) is 1. The molecule has 0 spiro atoms. The Bertz CT molecular complexity index is 991. The molecule has 0 N–H and O–H groups in total. The van der Waals surface area contributed by atoms with Crippen molar-refractivity contribution in [1.82, 2.24) is 5.01 Å². The Labute approximate surface area is 176 Å². The molecule has 2 amide bonds. The van der Waals surface area contributed by atoms with E-state index in [1.54, 1.807) is 6.21 Å². The van der Waals surface area contributed by atoms with Crippen LogP contribution in [0.15, 0.2) is 65.8 Å². The van der Waals surface area contributed by atoms with Crippen molar-refractivity contribution >= 4 is 18.0 Å². The molecule has 0 radical (unpaired) electrons. The highest BCUT2D eigenvalue weighted by molar-refractivity contribution is 6.06. The van der Waals surface area contributed by atoms with E-state index in [0.717, 1.165) is 34.7 Å². The maximum atomic E-state index is 12.8. The maximum Gasteiger partial charge on any atom is 0.254 e. The Balaban J connectivity index is 1.23. The summed E-state index contributed by atoms with van der Waals surface area (Å²) in [5.74, 6) is 0.363. The fraction of sp³-hybridized carbons (Fsp3) is 0.320. The van der Waals surface area contributed by atoms with Crippen LogP contribution in [0.3, 0.4) is 0 Å². The molecule has 152 valence electrons. The predicted molar refractivity (Wildman–Crippen MR) is 114 cm³/mol. The van der Waals surface area contributed by atoms with Gasteiger partial charge in [0.15, 0.2) is 0 Å². The van der Waals surface area contributed by atoms with E-state index in [2.05, 4.69) is 48.4 Å². The molecular weight excluding hydrogens is 376 g/mol. The average Bonchev–Trinajstić information content (AvgIpc) is 3.05. The summed E-state index contributed by atoms with van der Waals surface area (Å²) in [6.45, 7) is 2.56. The van der Waals surface area contributed by atoms with E-state index in [1.165, 1.54) is 5.56 Å². The van der Waals surface area contributed by atoms with E-state index < -0.39 is 0 Å². The number of imide groups is 1. The van der Waals surface area contributed by atoms with E-state index in [1.807, 2.05) is 24.3 Å². The van der Waals surface area contributed by atoms with Crippen LogP contribution in [0.2, 0.25) is 0 Å². The Hall–Kier alpha value is -3.21. The third kappa shape index (κ3) is 3.34. The fourth-order valence-corrected chi connectivity index (χ4v) is 4.80. The van der Waals surface area contributed by atoms with E-state index >= 15 is 0 Å². The van der Waals surface area contributed by atoms with Crippen molar-refractivity contribution in [2.45, 2.75) is 26.4 Å². The molecule has 4 atom stereocenters. The number of hydrazone groups is 1. The summed E-state index contributed by atoms with van der Waals surface area (Å²) in [6, 6.07) is 15.7. The fourth-order valence-electron chi connectivity index (χ4n) is 4.80. The number of aryl methyl sites for hydroxylation is 1. The third-order valence-electron chi connectivity index (χ3n) is 6.46. The van der Waals surface area contributed by atoms with Gasteiger partial charge in [0.2, 0.25) is 0 Å². The van der Waals surface area contributed by atoms with Crippen LogP contribution in [-0.4, -0.2) is 23.0 Å². The quantitative estimate of drug-likeness (QED) is 0.431. The smallest absolute Gasteiger partial charge is 0.254 e. The Kier molecular flexibility index (Phi) is 4.74. The van der Waals surface area contributed by atoms with Crippen molar-refractivity contribution in [2.75, 3.05) is 0 Å². The average molecular weight is 400 g/mol. The monoisotopic (exact) mass is 400 g/mol. The predicted octanol–water partition coefficient (Wildman–Crippen LogP) is 4.11. The lowest BCUT2D eigenvalue weighted by Gasteiger charge is -2.37. The minimum atomic E-state index is -0.226. The molecule has 5 nitrogen and oxygen atoms in total. The molecular formula is C25H24N2O3. The van der Waals surface area contributed by atoms with Crippen LogP contribution in [0.1, 0.15) is 29.5 Å². The second-order valence-corrected chi connectivity index (χ2v) is 8.42. The Morgan fingerprint density at radius 1 is 0.933 bits per heavy atom. The summed E-state index contributed by atoms with van der Waals surface area (Å²) >= 11 is 0. The van der Waals surface area contributed by atoms with Crippen molar-refractivity contribution in [3.8, 4) is 5.75 Å². The molecule has 4 unspecified atom stereocenters. The summed E-state index contributed by atoms with van der Waals surface area (Å²) in [5, 5.41) is 5.34. The molecule has 1 heterocycles. The van der Waals surface area contributed by atoms with E-state index in [9.17, 15) is 9.59 Å². The van der Waals surface area contributed by atoms with Gasteiger partial charge in [0.25, 0.3) is 11.8 Å². The van der Waals surface area contributed by atoms with Crippen molar-refractivity contribution < 1.29 is 14.3 Å². The van der Waals surface area contributed by atoms with Gasteiger partial charge in [-0.3, -0.25) is 9.59 Å². The second kappa shape index (κ2) is 7.56. The first-order chi connectivity index (χ1) is 14.6. The van der Waals surface area contributed by atoms with Gasteiger partial charge in [-0.05, 0) is 67.0 Å². The Morgan fingerprint density at radius 3 is 2.10 bits per heavy atom. The van der Waals surface area contributed by atoms with Crippen molar-refractivity contribution in [1.29, 1.82) is 0 Å². The van der Waals surface area contributed by atoms with Gasteiger partial charge < -0.3 is 4.74 Å². The zero-order chi connectivity index (χ0) is 20.7. The molecule has 1 saturated heterocycles. The lowest BCUT2D eigenvalue weighted by molar-refractivity contribution is -0.140. The number of hydrogen-bond donors (Lipinski definition) is 0. The SMILES string of the molecule is Cc1ccc(COc2ccc(/C=N/N3C(=O)C4C5C=CC(CC5)C4C3=O)cc2)cc1. The van der Waals surface area contributed by atoms with E-state index in [0.29, 0.717) is 6.61 Å². The van der Waals surface area contributed by atoms with E-state index in [4.69, 9.17) is 4.74 Å². The molecule has 1 aliphatic heterocycles. The summed E-state index contributed by atoms with van der Waals surface area (Å²) < 4.78 is 5.82. The Morgan fingerprint density at radius 2 is 1.53 bits per heavy atom. The van der Waals surface area contributed by atoms with Crippen LogP contribution in [0.25, 0.3) is 0 Å². The molecule has 3 aliphatic carbocycles. The highest BCUT2D eigenvalue weighted by Crippen LogP contribution is 2.49. The largest absolute Gasteiger partial charge is 0.489 e. The number of amides is 2. The van der Waals surface area contributed by atoms with Gasteiger partial charge in [-0.2, -0.15) is 10.1 Å². The highest BCUT2D eigenvalue weighted by atomic mass is 16.5. The van der Waals surface area contributed by atoms with Crippen LogP contribution < -0.4 is 4.74 Å². The summed E-state index contributed by atoms with van der Waals surface area (Å²) in [6.07, 6.45) is 7.78. The number of rotatable bonds is 5. The first-order valence-corrected chi connectivity index (χ1v) is 10.5. The molecule has 30 heavy (non-hydrogen) atoms. The van der Waals surface area contributed by atoms with E-state index in [-0.39, 0.29) is 35.5 Å². The van der Waals surface area contributed by atoms with Gasteiger partial charge in [-0.15, -0.1) is 0 Å². The number of carbonyl (C=O) groups excluding carboxylic acids is 2. The number of hydrogen-bond acceptors (Lipinski definition) is 4. The van der Waals surface area contributed by atoms with Crippen LogP contribution >= 0.6 is 0 Å². The molecule has 0 aromatic heterocycles. The number of carbonyl (C=O) groups is 2. The highest BCUT2D eigenvalue weighted by Gasteiger charge is 2.56. The van der Waals surface area contributed by atoms with Gasteiger partial charge >= 0.3 is 0 Å². The van der Waals surface area contributed by atoms with Crippen molar-refractivity contribution in [3.05, 3.63) is 77.4 Å². The standard InChI is InChI=1S/C25H24N2O3/c1-16-2-4-18(5-3-16)15-30-21-12-6-17(7-13-21)14-26-27-24(28)22-19-8-9-20(11-10-19)23(22)25(27)29/h2-9,12-14,19-20,22-23H,10-11,15H2,1H3/b26-14+. The zero-order valence-electron chi connectivity index (χ0n) is 16.9. The maximum absolute atomic E-state index is 12.8. The lowest BCUT2D eigenvalue weighted by atomic mass is 9.63. The molecule has 4 aliphatic rings. The molecule has 2 fully saturated rings. The van der Waals surface area contributed by atoms with Crippen LogP contribution in [0.4, 0.5) is 0 Å². The lowest BCUT2D eigenvalue weighted by Crippen LogP contribution is -2.38. The number of nitrogens with zero attached hydrogens (tertiary/aromatic N) is 2. The number of allylic oxidation sites excluding steroid dienone is 2. The first kappa shape index (κ1) is 18.8. The van der Waals surface area contributed by atoms with Gasteiger partial charge in [-0.25, -0.2) is 0 Å². The van der Waals surface area contributed by atoms with Crippen LogP contribution in [0.5, 0.6) is 5.75 Å². The van der Waals surface area contributed by atoms with Crippen molar-refractivity contribution in [2.24, 2.45) is 28.8 Å². The summed E-state index contributed by atoms with van der Waals surface area (Å²) in [7, 11) is 0. The topological polar surface area (TPSA) is 59.0 Å². The van der Waals surface area contributed by atoms with Gasteiger partial charge in [0, 0.05) is 0 Å². The number of fused-ring (bicyclic) bond motifs is 1. The van der Waals surface area contributed by atoms with Crippen molar-refractivity contribution in [3.63, 3.8) is 0 Å². The molecule has 2 aromatic carbocycles. The number of benzene rings is 2. The first-order valence-electron chi connectivity index (χ1n) is 10.5. The molecule has 1 saturated carbocycles.